The minimum Gasteiger partial charge on any atom is -0.490 e. The van der Waals surface area contributed by atoms with Crippen LogP contribution in [-0.2, 0) is 11.3 Å². The molecule has 140 valence electrons. The molecule has 0 aliphatic heterocycles. The summed E-state index contributed by atoms with van der Waals surface area (Å²) in [4.78, 5) is 16.4. The Balaban J connectivity index is 1.95. The van der Waals surface area contributed by atoms with Gasteiger partial charge >= 0.3 is 0 Å². The Bertz CT molecular complexity index is 714. The second-order valence-electron chi connectivity index (χ2n) is 6.34. The Morgan fingerprint density at radius 3 is 2.54 bits per heavy atom. The van der Waals surface area contributed by atoms with Gasteiger partial charge in [-0.3, -0.25) is 4.79 Å². The summed E-state index contributed by atoms with van der Waals surface area (Å²) >= 11 is 0. The molecular weight excluding hydrogens is 330 g/mol. The Hall–Kier alpha value is -2.60. The lowest BCUT2D eigenvalue weighted by Gasteiger charge is -2.22. The Morgan fingerprint density at radius 1 is 1.19 bits per heavy atom. The van der Waals surface area contributed by atoms with Crippen molar-refractivity contribution in [2.24, 2.45) is 5.73 Å². The summed E-state index contributed by atoms with van der Waals surface area (Å²) in [5.74, 6) is 1.58. The minimum absolute atomic E-state index is 0.162. The molecule has 0 saturated heterocycles. The minimum atomic E-state index is -0.853. The van der Waals surface area contributed by atoms with E-state index in [1.165, 1.54) is 0 Å². The molecule has 0 bridgehead atoms. The van der Waals surface area contributed by atoms with E-state index in [1.54, 1.807) is 19.2 Å². The molecule has 1 aromatic carbocycles. The summed E-state index contributed by atoms with van der Waals surface area (Å²) in [5.41, 5.74) is 6.04. The van der Waals surface area contributed by atoms with Gasteiger partial charge in [0.05, 0.1) is 12.1 Å². The average molecular weight is 357 g/mol. The van der Waals surface area contributed by atoms with E-state index in [4.69, 9.17) is 15.2 Å². The number of hydrogen-bond donors (Lipinski definition) is 2. The van der Waals surface area contributed by atoms with Crippen LogP contribution in [0.2, 0.25) is 0 Å². The van der Waals surface area contributed by atoms with Gasteiger partial charge < -0.3 is 20.5 Å². The smallest absolute Gasteiger partial charge is 0.240 e. The Kier molecular flexibility index (Phi) is 6.97. The van der Waals surface area contributed by atoms with Crippen molar-refractivity contribution < 1.29 is 14.3 Å². The van der Waals surface area contributed by atoms with E-state index in [0.29, 0.717) is 37.0 Å². The SMILES string of the molecule is CCCC(C)(N)C(=O)NCc1ccc(Oc2ccccc2OCC)nc1. The maximum absolute atomic E-state index is 12.1. The number of para-hydroxylation sites is 2. The van der Waals surface area contributed by atoms with Crippen molar-refractivity contribution in [1.82, 2.24) is 10.3 Å². The van der Waals surface area contributed by atoms with Crippen molar-refractivity contribution >= 4 is 5.91 Å². The highest BCUT2D eigenvalue weighted by molar-refractivity contribution is 5.85. The van der Waals surface area contributed by atoms with E-state index in [9.17, 15) is 4.79 Å². The van der Waals surface area contributed by atoms with Crippen molar-refractivity contribution in [3.05, 3.63) is 48.2 Å². The quantitative estimate of drug-likeness (QED) is 0.718. The van der Waals surface area contributed by atoms with Crippen LogP contribution in [0.1, 0.15) is 39.2 Å². The molecule has 1 heterocycles. The van der Waals surface area contributed by atoms with Crippen LogP contribution in [0.4, 0.5) is 0 Å². The molecule has 26 heavy (non-hydrogen) atoms. The molecule has 0 aliphatic rings. The molecule has 1 atom stereocenters. The topological polar surface area (TPSA) is 86.5 Å². The van der Waals surface area contributed by atoms with Crippen molar-refractivity contribution in [1.29, 1.82) is 0 Å². The van der Waals surface area contributed by atoms with Gasteiger partial charge in [-0.05, 0) is 38.0 Å². The molecule has 0 aliphatic carbocycles. The zero-order valence-corrected chi connectivity index (χ0v) is 15.6. The number of carbonyl (C=O) groups is 1. The summed E-state index contributed by atoms with van der Waals surface area (Å²) in [5, 5.41) is 2.85. The number of ether oxygens (including phenoxy) is 2. The van der Waals surface area contributed by atoms with Gasteiger partial charge in [0.2, 0.25) is 11.8 Å². The lowest BCUT2D eigenvalue weighted by molar-refractivity contribution is -0.126. The van der Waals surface area contributed by atoms with E-state index in [-0.39, 0.29) is 5.91 Å². The molecule has 0 fully saturated rings. The van der Waals surface area contributed by atoms with E-state index in [2.05, 4.69) is 10.3 Å². The van der Waals surface area contributed by atoms with Gasteiger partial charge in [-0.15, -0.1) is 0 Å². The Labute approximate surface area is 154 Å². The van der Waals surface area contributed by atoms with Gasteiger partial charge in [0.25, 0.3) is 0 Å². The van der Waals surface area contributed by atoms with Crippen LogP contribution >= 0.6 is 0 Å². The zero-order chi connectivity index (χ0) is 19.0. The third-order valence-electron chi connectivity index (χ3n) is 3.90. The van der Waals surface area contributed by atoms with Crippen LogP contribution in [0, 0.1) is 0 Å². The molecule has 1 unspecified atom stereocenters. The molecule has 3 N–H and O–H groups in total. The first-order valence-electron chi connectivity index (χ1n) is 8.88. The number of pyridine rings is 1. The Morgan fingerprint density at radius 2 is 1.92 bits per heavy atom. The van der Waals surface area contributed by atoms with Crippen molar-refractivity contribution in [2.45, 2.75) is 45.7 Å². The van der Waals surface area contributed by atoms with Crippen LogP contribution in [0.3, 0.4) is 0 Å². The molecule has 0 radical (unpaired) electrons. The van der Waals surface area contributed by atoms with Crippen LogP contribution in [0.5, 0.6) is 17.4 Å². The lowest BCUT2D eigenvalue weighted by Crippen LogP contribution is -2.51. The zero-order valence-electron chi connectivity index (χ0n) is 15.6. The van der Waals surface area contributed by atoms with E-state index >= 15 is 0 Å². The van der Waals surface area contributed by atoms with Crippen LogP contribution < -0.4 is 20.5 Å². The average Bonchev–Trinajstić information content (AvgIpc) is 2.62. The summed E-state index contributed by atoms with van der Waals surface area (Å²) in [6.07, 6.45) is 3.17. The molecule has 0 spiro atoms. The highest BCUT2D eigenvalue weighted by atomic mass is 16.5. The number of nitrogens with one attached hydrogen (secondary N) is 1. The highest BCUT2D eigenvalue weighted by Crippen LogP contribution is 2.30. The second kappa shape index (κ2) is 9.20. The number of hydrogen-bond acceptors (Lipinski definition) is 5. The summed E-state index contributed by atoms with van der Waals surface area (Å²) in [7, 11) is 0. The first kappa shape index (κ1) is 19.7. The van der Waals surface area contributed by atoms with Crippen molar-refractivity contribution in [3.63, 3.8) is 0 Å². The van der Waals surface area contributed by atoms with Gasteiger partial charge in [-0.25, -0.2) is 4.98 Å². The van der Waals surface area contributed by atoms with Gasteiger partial charge in [0, 0.05) is 18.8 Å². The van der Waals surface area contributed by atoms with E-state index in [0.717, 1.165) is 12.0 Å². The van der Waals surface area contributed by atoms with Crippen molar-refractivity contribution in [3.8, 4) is 17.4 Å². The molecule has 1 aromatic heterocycles. The summed E-state index contributed by atoms with van der Waals surface area (Å²) < 4.78 is 11.3. The highest BCUT2D eigenvalue weighted by Gasteiger charge is 2.26. The van der Waals surface area contributed by atoms with E-state index in [1.807, 2.05) is 44.2 Å². The predicted molar refractivity (Wildman–Crippen MR) is 101 cm³/mol. The third kappa shape index (κ3) is 5.46. The van der Waals surface area contributed by atoms with Crippen molar-refractivity contribution in [2.75, 3.05) is 6.61 Å². The van der Waals surface area contributed by atoms with Crippen LogP contribution in [-0.4, -0.2) is 23.0 Å². The first-order valence-corrected chi connectivity index (χ1v) is 8.88. The molecule has 2 aromatic rings. The summed E-state index contributed by atoms with van der Waals surface area (Å²) in [6, 6.07) is 11.1. The van der Waals surface area contributed by atoms with Gasteiger partial charge in [-0.1, -0.05) is 31.5 Å². The number of nitrogens with zero attached hydrogens (tertiary/aromatic N) is 1. The normalized spacial score (nSPS) is 12.9. The monoisotopic (exact) mass is 357 g/mol. The lowest BCUT2D eigenvalue weighted by atomic mass is 9.96. The number of benzene rings is 1. The maximum atomic E-state index is 12.1. The molecule has 6 heteroatoms. The third-order valence-corrected chi connectivity index (χ3v) is 3.90. The number of nitrogens with two attached hydrogens (primary N) is 1. The fourth-order valence-electron chi connectivity index (χ4n) is 2.51. The van der Waals surface area contributed by atoms with Crippen LogP contribution in [0.25, 0.3) is 0 Å². The van der Waals surface area contributed by atoms with E-state index < -0.39 is 5.54 Å². The molecule has 0 saturated carbocycles. The van der Waals surface area contributed by atoms with Crippen LogP contribution in [0.15, 0.2) is 42.6 Å². The molecular formula is C20H27N3O3. The largest absolute Gasteiger partial charge is 0.490 e. The first-order chi connectivity index (χ1) is 12.5. The summed E-state index contributed by atoms with van der Waals surface area (Å²) in [6.45, 7) is 6.61. The number of amides is 1. The maximum Gasteiger partial charge on any atom is 0.240 e. The van der Waals surface area contributed by atoms with Gasteiger partial charge in [0.15, 0.2) is 11.5 Å². The standard InChI is InChI=1S/C20H27N3O3/c1-4-12-20(3,21)19(24)23-14-15-10-11-18(22-13-15)26-17-9-7-6-8-16(17)25-5-2/h6-11,13H,4-5,12,14,21H2,1-3H3,(H,23,24). The fraction of sp³-hybridized carbons (Fsp3) is 0.400. The number of aromatic nitrogens is 1. The molecule has 1 amide bonds. The van der Waals surface area contributed by atoms with Gasteiger partial charge in [0.1, 0.15) is 0 Å². The number of rotatable bonds is 9. The van der Waals surface area contributed by atoms with Gasteiger partial charge in [-0.2, -0.15) is 0 Å². The number of carbonyl (C=O) groups excluding carboxylic acids is 1. The molecule has 2 rings (SSSR count). The fourth-order valence-corrected chi connectivity index (χ4v) is 2.51. The predicted octanol–water partition coefficient (Wildman–Crippen LogP) is 3.41. The molecule has 6 nitrogen and oxygen atoms in total. The second-order valence-corrected chi connectivity index (χ2v) is 6.34.